The van der Waals surface area contributed by atoms with Gasteiger partial charge in [0.25, 0.3) is 0 Å². The van der Waals surface area contributed by atoms with E-state index in [9.17, 15) is 17.2 Å². The molecule has 1 saturated carbocycles. The molecule has 7 heteroatoms. The minimum absolute atomic E-state index is 0.142. The van der Waals surface area contributed by atoms with Crippen molar-refractivity contribution in [3.05, 3.63) is 29.8 Å². The molecule has 0 bridgehead atoms. The van der Waals surface area contributed by atoms with Crippen LogP contribution in [-0.2, 0) is 10.0 Å². The number of sulfonamides is 1. The van der Waals surface area contributed by atoms with Crippen LogP contribution in [-0.4, -0.2) is 20.5 Å². The molecule has 0 radical (unpaired) electrons. The van der Waals surface area contributed by atoms with Gasteiger partial charge in [0.2, 0.25) is 10.0 Å². The van der Waals surface area contributed by atoms with Crippen molar-refractivity contribution in [2.75, 3.05) is 6.54 Å². The van der Waals surface area contributed by atoms with Crippen molar-refractivity contribution < 1.29 is 17.2 Å². The van der Waals surface area contributed by atoms with E-state index in [1.807, 2.05) is 0 Å². The maximum atomic E-state index is 13.6. The topological polar surface area (TPSA) is 72.2 Å². The molecular weight excluding hydrogens is 286 g/mol. The molecule has 0 saturated heterocycles. The number of halogens is 2. The monoisotopic (exact) mass is 304 g/mol. The molecule has 0 aliphatic heterocycles. The van der Waals surface area contributed by atoms with E-state index in [1.54, 1.807) is 0 Å². The largest absolute Gasteiger partial charge is 0.329 e. The first-order valence-electron chi connectivity index (χ1n) is 6.58. The molecule has 1 aliphatic carbocycles. The van der Waals surface area contributed by atoms with Gasteiger partial charge in [-0.05, 0) is 31.0 Å². The van der Waals surface area contributed by atoms with Gasteiger partial charge >= 0.3 is 0 Å². The van der Waals surface area contributed by atoms with Crippen LogP contribution in [0.2, 0.25) is 0 Å². The van der Waals surface area contributed by atoms with Gasteiger partial charge in [0.05, 0.1) is 0 Å². The third-order valence-electron chi connectivity index (χ3n) is 3.74. The Balaban J connectivity index is 2.32. The molecule has 1 aromatic rings. The lowest BCUT2D eigenvalue weighted by Gasteiger charge is -2.36. The predicted octanol–water partition coefficient (Wildman–Crippen LogP) is 1.90. The zero-order valence-electron chi connectivity index (χ0n) is 11.0. The number of hydrogen-bond acceptors (Lipinski definition) is 3. The molecule has 2 rings (SSSR count). The van der Waals surface area contributed by atoms with E-state index < -0.39 is 32.1 Å². The van der Waals surface area contributed by atoms with Crippen molar-refractivity contribution in [3.63, 3.8) is 0 Å². The highest BCUT2D eigenvalue weighted by Crippen LogP contribution is 2.29. The molecule has 0 heterocycles. The Kier molecular flexibility index (Phi) is 4.41. The second-order valence-electron chi connectivity index (χ2n) is 5.23. The molecule has 0 amide bonds. The zero-order valence-corrected chi connectivity index (χ0v) is 11.8. The fourth-order valence-corrected chi connectivity index (χ4v) is 4.16. The van der Waals surface area contributed by atoms with E-state index in [0.29, 0.717) is 18.9 Å². The first kappa shape index (κ1) is 15.3. The fraction of sp³-hybridized carbons (Fsp3) is 0.538. The molecule has 1 fully saturated rings. The van der Waals surface area contributed by atoms with Crippen molar-refractivity contribution in [2.45, 2.75) is 42.5 Å². The Labute approximate surface area is 117 Å². The summed E-state index contributed by atoms with van der Waals surface area (Å²) in [6.07, 6.45) is 3.98. The maximum absolute atomic E-state index is 13.6. The van der Waals surface area contributed by atoms with Crippen molar-refractivity contribution in [2.24, 2.45) is 5.73 Å². The second-order valence-corrected chi connectivity index (χ2v) is 6.88. The lowest BCUT2D eigenvalue weighted by molar-refractivity contribution is 0.276. The van der Waals surface area contributed by atoms with Crippen LogP contribution in [0.1, 0.15) is 32.1 Å². The van der Waals surface area contributed by atoms with E-state index >= 15 is 0 Å². The Morgan fingerprint density at radius 3 is 2.45 bits per heavy atom. The lowest BCUT2D eigenvalue weighted by atomic mass is 9.83. The molecule has 4 nitrogen and oxygen atoms in total. The number of nitrogens with one attached hydrogen (secondary N) is 1. The average molecular weight is 304 g/mol. The first-order chi connectivity index (χ1) is 9.38. The van der Waals surface area contributed by atoms with Gasteiger partial charge in [-0.3, -0.25) is 0 Å². The number of hydrogen-bond donors (Lipinski definition) is 2. The van der Waals surface area contributed by atoms with Gasteiger partial charge in [-0.15, -0.1) is 0 Å². The second kappa shape index (κ2) is 5.75. The SMILES string of the molecule is NCC1(NS(=O)(=O)c2cc(F)ccc2F)CCCCC1. The lowest BCUT2D eigenvalue weighted by Crippen LogP contribution is -2.54. The van der Waals surface area contributed by atoms with E-state index in [1.165, 1.54) is 0 Å². The van der Waals surface area contributed by atoms with Crippen LogP contribution < -0.4 is 10.5 Å². The fourth-order valence-electron chi connectivity index (χ4n) is 2.60. The normalized spacial score (nSPS) is 18.9. The standard InChI is InChI=1S/C13H18F2N2O2S/c14-10-4-5-11(15)12(8-10)20(18,19)17-13(9-16)6-2-1-3-7-13/h4-5,8,17H,1-3,6-7,9,16H2. The molecule has 0 atom stereocenters. The Bertz CT molecular complexity index is 584. The van der Waals surface area contributed by atoms with Crippen molar-refractivity contribution in [3.8, 4) is 0 Å². The summed E-state index contributed by atoms with van der Waals surface area (Å²) in [7, 11) is -4.13. The maximum Gasteiger partial charge on any atom is 0.244 e. The summed E-state index contributed by atoms with van der Waals surface area (Å²) in [6.45, 7) is 0.142. The van der Waals surface area contributed by atoms with Crippen LogP contribution in [0.25, 0.3) is 0 Å². The predicted molar refractivity (Wildman–Crippen MR) is 71.5 cm³/mol. The summed E-state index contributed by atoms with van der Waals surface area (Å²) in [4.78, 5) is -0.670. The molecule has 112 valence electrons. The molecule has 3 N–H and O–H groups in total. The molecule has 1 aliphatic rings. The summed E-state index contributed by atoms with van der Waals surface area (Å²) in [5, 5.41) is 0. The van der Waals surface area contributed by atoms with Crippen molar-refractivity contribution in [1.29, 1.82) is 0 Å². The van der Waals surface area contributed by atoms with E-state index in [-0.39, 0.29) is 6.54 Å². The Morgan fingerprint density at radius 1 is 1.20 bits per heavy atom. The molecule has 0 unspecified atom stereocenters. The summed E-state index contributed by atoms with van der Waals surface area (Å²) in [6, 6.07) is 2.37. The van der Waals surface area contributed by atoms with Gasteiger partial charge in [-0.1, -0.05) is 19.3 Å². The molecule has 0 aromatic heterocycles. The third-order valence-corrected chi connectivity index (χ3v) is 5.33. The van der Waals surface area contributed by atoms with E-state index in [4.69, 9.17) is 5.73 Å². The first-order valence-corrected chi connectivity index (χ1v) is 8.06. The molecule has 20 heavy (non-hydrogen) atoms. The molecule has 1 aromatic carbocycles. The summed E-state index contributed by atoms with van der Waals surface area (Å²) in [5.74, 6) is -1.76. The van der Waals surface area contributed by atoms with Crippen LogP contribution in [0.15, 0.2) is 23.1 Å². The van der Waals surface area contributed by atoms with Crippen LogP contribution in [0, 0.1) is 11.6 Å². The third kappa shape index (κ3) is 3.16. The zero-order chi connectivity index (χ0) is 14.8. The van der Waals surface area contributed by atoms with E-state index in [2.05, 4.69) is 4.72 Å². The molecular formula is C13H18F2N2O2S. The van der Waals surface area contributed by atoms with Gasteiger partial charge in [0, 0.05) is 12.1 Å². The van der Waals surface area contributed by atoms with Crippen molar-refractivity contribution in [1.82, 2.24) is 4.72 Å². The minimum Gasteiger partial charge on any atom is -0.329 e. The number of benzene rings is 1. The van der Waals surface area contributed by atoms with Gasteiger partial charge in [-0.25, -0.2) is 21.9 Å². The Morgan fingerprint density at radius 2 is 1.85 bits per heavy atom. The van der Waals surface area contributed by atoms with Crippen molar-refractivity contribution >= 4 is 10.0 Å². The Hall–Kier alpha value is -1.05. The average Bonchev–Trinajstić information content (AvgIpc) is 2.42. The number of rotatable bonds is 4. The van der Waals surface area contributed by atoms with Crippen LogP contribution in [0.3, 0.4) is 0 Å². The van der Waals surface area contributed by atoms with Gasteiger partial charge in [-0.2, -0.15) is 0 Å². The highest BCUT2D eigenvalue weighted by Gasteiger charge is 2.36. The van der Waals surface area contributed by atoms with Crippen LogP contribution in [0.4, 0.5) is 8.78 Å². The quantitative estimate of drug-likeness (QED) is 0.892. The van der Waals surface area contributed by atoms with Gasteiger partial charge in [0.1, 0.15) is 16.5 Å². The highest BCUT2D eigenvalue weighted by molar-refractivity contribution is 7.89. The number of nitrogens with two attached hydrogens (primary N) is 1. The van der Waals surface area contributed by atoms with Crippen LogP contribution in [0.5, 0.6) is 0 Å². The van der Waals surface area contributed by atoms with Gasteiger partial charge < -0.3 is 5.73 Å². The van der Waals surface area contributed by atoms with Gasteiger partial charge in [0.15, 0.2) is 0 Å². The van der Waals surface area contributed by atoms with E-state index in [0.717, 1.165) is 31.4 Å². The summed E-state index contributed by atoms with van der Waals surface area (Å²) in [5.41, 5.74) is 4.94. The minimum atomic E-state index is -4.13. The van der Waals surface area contributed by atoms with Crippen LogP contribution >= 0.6 is 0 Å². The molecule has 0 spiro atoms. The summed E-state index contributed by atoms with van der Waals surface area (Å²) >= 11 is 0. The smallest absolute Gasteiger partial charge is 0.244 e. The summed E-state index contributed by atoms with van der Waals surface area (Å²) < 4.78 is 53.8. The highest BCUT2D eigenvalue weighted by atomic mass is 32.2.